The molecule has 1 aromatic heterocycles. The molecule has 0 atom stereocenters. The van der Waals surface area contributed by atoms with E-state index < -0.39 is 0 Å². The lowest BCUT2D eigenvalue weighted by Crippen LogP contribution is -2.34. The van der Waals surface area contributed by atoms with Gasteiger partial charge in [0.25, 0.3) is 0 Å². The molecule has 0 bridgehead atoms. The van der Waals surface area contributed by atoms with Gasteiger partial charge >= 0.3 is 0 Å². The molecule has 0 spiro atoms. The molecule has 0 N–H and O–H groups in total. The lowest BCUT2D eigenvalue weighted by atomic mass is 10.2. The zero-order chi connectivity index (χ0) is 15.9. The average molecular weight is 299 g/mol. The third kappa shape index (κ3) is 4.45. The number of imidazole rings is 1. The quantitative estimate of drug-likeness (QED) is 0.786. The Morgan fingerprint density at radius 2 is 2.00 bits per heavy atom. The molecule has 4 nitrogen and oxygen atoms in total. The van der Waals surface area contributed by atoms with E-state index in [1.807, 2.05) is 42.4 Å². The van der Waals surface area contributed by atoms with Gasteiger partial charge in [0.1, 0.15) is 5.82 Å². The maximum Gasteiger partial charge on any atom is 0.222 e. The summed E-state index contributed by atoms with van der Waals surface area (Å²) >= 11 is 0. The maximum atomic E-state index is 12.1. The van der Waals surface area contributed by atoms with Crippen molar-refractivity contribution in [2.75, 3.05) is 6.54 Å². The largest absolute Gasteiger partial charge is 0.335 e. The van der Waals surface area contributed by atoms with Crippen molar-refractivity contribution in [3.8, 4) is 0 Å². The van der Waals surface area contributed by atoms with E-state index in [1.54, 1.807) is 0 Å². The van der Waals surface area contributed by atoms with Crippen molar-refractivity contribution in [2.24, 2.45) is 5.92 Å². The highest BCUT2D eigenvalue weighted by Crippen LogP contribution is 2.10. The number of carbonyl (C=O) groups excluding carboxylic acids is 1. The summed E-state index contributed by atoms with van der Waals surface area (Å²) in [6.45, 7) is 8.30. The van der Waals surface area contributed by atoms with Crippen LogP contribution in [0.3, 0.4) is 0 Å². The zero-order valence-corrected chi connectivity index (χ0v) is 13.7. The molecule has 0 saturated carbocycles. The third-order valence-electron chi connectivity index (χ3n) is 3.57. The average Bonchev–Trinajstić information content (AvgIpc) is 2.93. The first-order chi connectivity index (χ1) is 10.6. The number of hydrogen-bond acceptors (Lipinski definition) is 2. The van der Waals surface area contributed by atoms with Gasteiger partial charge in [-0.2, -0.15) is 0 Å². The molecule has 4 heteroatoms. The van der Waals surface area contributed by atoms with Crippen LogP contribution in [-0.4, -0.2) is 26.9 Å². The van der Waals surface area contributed by atoms with E-state index in [0.29, 0.717) is 18.9 Å². The molecule has 118 valence electrons. The molecule has 2 aromatic rings. The van der Waals surface area contributed by atoms with Crippen LogP contribution >= 0.6 is 0 Å². The number of amides is 1. The van der Waals surface area contributed by atoms with E-state index >= 15 is 0 Å². The smallest absolute Gasteiger partial charge is 0.222 e. The number of benzene rings is 1. The normalized spacial score (nSPS) is 10.9. The fourth-order valence-corrected chi connectivity index (χ4v) is 2.51. The summed E-state index contributed by atoms with van der Waals surface area (Å²) in [5.74, 6) is 1.57. The Hall–Kier alpha value is -2.10. The fraction of sp³-hybridized carbons (Fsp3) is 0.444. The van der Waals surface area contributed by atoms with Gasteiger partial charge in [-0.3, -0.25) is 4.79 Å². The topological polar surface area (TPSA) is 38.1 Å². The molecular weight excluding hydrogens is 274 g/mol. The molecule has 0 radical (unpaired) electrons. The molecule has 0 aliphatic carbocycles. The second-order valence-corrected chi connectivity index (χ2v) is 5.98. The van der Waals surface area contributed by atoms with Crippen molar-refractivity contribution in [1.29, 1.82) is 0 Å². The first kappa shape index (κ1) is 16.3. The van der Waals surface area contributed by atoms with Crippen LogP contribution in [0.5, 0.6) is 0 Å². The van der Waals surface area contributed by atoms with Gasteiger partial charge in [0.05, 0.1) is 6.54 Å². The molecule has 2 rings (SSSR count). The second kappa shape index (κ2) is 7.78. The van der Waals surface area contributed by atoms with E-state index in [0.717, 1.165) is 18.9 Å². The Morgan fingerprint density at radius 1 is 1.27 bits per heavy atom. The standard InChI is InChI=1S/C18H25N3O/c1-4-18(22)21(12-15(2)3)14-17-19-10-11-20(17)13-16-8-6-5-7-9-16/h5-11,15H,4,12-14H2,1-3H3. The van der Waals surface area contributed by atoms with Crippen molar-refractivity contribution in [3.05, 3.63) is 54.1 Å². The van der Waals surface area contributed by atoms with Gasteiger partial charge in [-0.15, -0.1) is 0 Å². The summed E-state index contributed by atoms with van der Waals surface area (Å²) in [6.07, 6.45) is 4.32. The molecule has 0 fully saturated rings. The highest BCUT2D eigenvalue weighted by molar-refractivity contribution is 5.75. The summed E-state index contributed by atoms with van der Waals surface area (Å²) in [4.78, 5) is 18.5. The summed E-state index contributed by atoms with van der Waals surface area (Å²) in [6, 6.07) is 10.3. The summed E-state index contributed by atoms with van der Waals surface area (Å²) in [5, 5.41) is 0. The summed E-state index contributed by atoms with van der Waals surface area (Å²) in [5.41, 5.74) is 1.24. The molecule has 1 aromatic carbocycles. The van der Waals surface area contributed by atoms with Crippen LogP contribution in [0.15, 0.2) is 42.7 Å². The Balaban J connectivity index is 2.11. The fourth-order valence-electron chi connectivity index (χ4n) is 2.51. The minimum absolute atomic E-state index is 0.183. The number of hydrogen-bond donors (Lipinski definition) is 0. The molecule has 0 aliphatic rings. The SMILES string of the molecule is CCC(=O)N(Cc1nccn1Cc1ccccc1)CC(C)C. The number of nitrogens with zero attached hydrogens (tertiary/aromatic N) is 3. The highest BCUT2D eigenvalue weighted by Gasteiger charge is 2.16. The van der Waals surface area contributed by atoms with Crippen LogP contribution in [0.4, 0.5) is 0 Å². The Labute approximate surface area is 132 Å². The van der Waals surface area contributed by atoms with Crippen molar-refractivity contribution in [2.45, 2.75) is 40.3 Å². The van der Waals surface area contributed by atoms with E-state index in [-0.39, 0.29) is 5.91 Å². The predicted molar refractivity (Wildman–Crippen MR) is 88.3 cm³/mol. The molecular formula is C18H25N3O. The maximum absolute atomic E-state index is 12.1. The molecule has 0 unspecified atom stereocenters. The van der Waals surface area contributed by atoms with Crippen LogP contribution in [0.1, 0.15) is 38.6 Å². The van der Waals surface area contributed by atoms with Crippen LogP contribution < -0.4 is 0 Å². The lowest BCUT2D eigenvalue weighted by Gasteiger charge is -2.24. The highest BCUT2D eigenvalue weighted by atomic mass is 16.2. The minimum Gasteiger partial charge on any atom is -0.335 e. The first-order valence-corrected chi connectivity index (χ1v) is 7.91. The van der Waals surface area contributed by atoms with Crippen LogP contribution in [0, 0.1) is 5.92 Å². The van der Waals surface area contributed by atoms with Gasteiger partial charge in [0, 0.05) is 31.9 Å². The number of aromatic nitrogens is 2. The van der Waals surface area contributed by atoms with Gasteiger partial charge in [0.2, 0.25) is 5.91 Å². The van der Waals surface area contributed by atoms with E-state index in [2.05, 4.69) is 35.5 Å². The molecule has 22 heavy (non-hydrogen) atoms. The zero-order valence-electron chi connectivity index (χ0n) is 13.7. The lowest BCUT2D eigenvalue weighted by molar-refractivity contribution is -0.132. The first-order valence-electron chi connectivity index (χ1n) is 7.91. The van der Waals surface area contributed by atoms with Gasteiger partial charge in [-0.1, -0.05) is 51.1 Å². The van der Waals surface area contributed by atoms with Gasteiger partial charge in [0.15, 0.2) is 0 Å². The van der Waals surface area contributed by atoms with E-state index in [9.17, 15) is 4.79 Å². The van der Waals surface area contributed by atoms with Crippen molar-refractivity contribution in [3.63, 3.8) is 0 Å². The van der Waals surface area contributed by atoms with Gasteiger partial charge in [-0.25, -0.2) is 4.98 Å². The molecule has 0 saturated heterocycles. The summed E-state index contributed by atoms with van der Waals surface area (Å²) < 4.78 is 2.12. The van der Waals surface area contributed by atoms with Crippen molar-refractivity contribution < 1.29 is 4.79 Å². The van der Waals surface area contributed by atoms with Crippen LogP contribution in [0.2, 0.25) is 0 Å². The minimum atomic E-state index is 0.183. The number of rotatable bonds is 7. The number of carbonyl (C=O) groups is 1. The Bertz CT molecular complexity index is 589. The monoisotopic (exact) mass is 299 g/mol. The Kier molecular flexibility index (Phi) is 5.75. The second-order valence-electron chi connectivity index (χ2n) is 5.98. The van der Waals surface area contributed by atoms with E-state index in [1.165, 1.54) is 5.56 Å². The van der Waals surface area contributed by atoms with Crippen LogP contribution in [0.25, 0.3) is 0 Å². The summed E-state index contributed by atoms with van der Waals surface area (Å²) in [7, 11) is 0. The van der Waals surface area contributed by atoms with Gasteiger partial charge < -0.3 is 9.47 Å². The van der Waals surface area contributed by atoms with Crippen molar-refractivity contribution in [1.82, 2.24) is 14.5 Å². The molecule has 1 heterocycles. The van der Waals surface area contributed by atoms with Crippen molar-refractivity contribution >= 4 is 5.91 Å². The molecule has 0 aliphatic heterocycles. The predicted octanol–water partition coefficient (Wildman–Crippen LogP) is 3.33. The Morgan fingerprint density at radius 3 is 2.64 bits per heavy atom. The third-order valence-corrected chi connectivity index (χ3v) is 3.57. The van der Waals surface area contributed by atoms with E-state index in [4.69, 9.17) is 0 Å². The van der Waals surface area contributed by atoms with Gasteiger partial charge in [-0.05, 0) is 11.5 Å². The molecule has 1 amide bonds. The van der Waals surface area contributed by atoms with Crippen LogP contribution in [-0.2, 0) is 17.9 Å².